The molecule has 68 valence electrons. The van der Waals surface area contributed by atoms with E-state index in [1.54, 1.807) is 0 Å². The lowest BCUT2D eigenvalue weighted by Crippen LogP contribution is -2.22. The van der Waals surface area contributed by atoms with Crippen LogP contribution in [0.25, 0.3) is 0 Å². The molecule has 0 radical (unpaired) electrons. The topological polar surface area (TPSA) is 0 Å². The van der Waals surface area contributed by atoms with Crippen molar-refractivity contribution >= 4 is 9.24 Å². The van der Waals surface area contributed by atoms with Crippen LogP contribution < -0.4 is 0 Å². The van der Waals surface area contributed by atoms with Crippen molar-refractivity contribution in [3.63, 3.8) is 0 Å². The largest absolute Gasteiger partial charge is 0.132 e. The molecule has 0 N–H and O–H groups in total. The van der Waals surface area contributed by atoms with Crippen LogP contribution in [-0.2, 0) is 0 Å². The molecule has 1 atom stereocenters. The third-order valence-corrected chi connectivity index (χ3v) is 2.07. The van der Waals surface area contributed by atoms with Gasteiger partial charge in [-0.2, -0.15) is 0 Å². The normalized spacial score (nSPS) is 13.6. The van der Waals surface area contributed by atoms with E-state index in [2.05, 4.69) is 43.9 Å². The fraction of sp³-hybridized carbons (Fsp3) is 1.00. The zero-order chi connectivity index (χ0) is 9.12. The molecule has 0 aromatic rings. The van der Waals surface area contributed by atoms with Crippen LogP contribution in [0.4, 0.5) is 0 Å². The zero-order valence-corrected chi connectivity index (χ0v) is 9.85. The first-order valence-corrected chi connectivity index (χ1v) is 5.13. The van der Waals surface area contributed by atoms with E-state index in [1.165, 1.54) is 19.3 Å². The quantitative estimate of drug-likeness (QED) is 0.568. The molecular weight excluding hydrogens is 151 g/mol. The van der Waals surface area contributed by atoms with Gasteiger partial charge in [-0.3, -0.25) is 0 Å². The van der Waals surface area contributed by atoms with Crippen molar-refractivity contribution in [2.45, 2.75) is 59.0 Å². The van der Waals surface area contributed by atoms with E-state index in [0.717, 1.165) is 0 Å². The standard InChI is InChI=1S/C10H23P/c1-6-7-9(2,3)8-10(4,5)11/h6-8,11H2,1-5H3. The van der Waals surface area contributed by atoms with Gasteiger partial charge in [0.15, 0.2) is 0 Å². The average Bonchev–Trinajstić information content (AvgIpc) is 1.55. The Kier molecular flexibility index (Phi) is 4.05. The SMILES string of the molecule is CCCC(C)(C)CC(C)(C)P. The van der Waals surface area contributed by atoms with Crippen LogP contribution in [0.2, 0.25) is 0 Å². The van der Waals surface area contributed by atoms with E-state index in [4.69, 9.17) is 0 Å². The van der Waals surface area contributed by atoms with Gasteiger partial charge in [0, 0.05) is 0 Å². The van der Waals surface area contributed by atoms with E-state index in [9.17, 15) is 0 Å². The Bertz CT molecular complexity index is 109. The van der Waals surface area contributed by atoms with Crippen molar-refractivity contribution in [3.05, 3.63) is 0 Å². The van der Waals surface area contributed by atoms with Gasteiger partial charge in [0.1, 0.15) is 0 Å². The van der Waals surface area contributed by atoms with E-state index >= 15 is 0 Å². The van der Waals surface area contributed by atoms with E-state index in [1.807, 2.05) is 0 Å². The van der Waals surface area contributed by atoms with Crippen molar-refractivity contribution < 1.29 is 0 Å². The molecule has 0 amide bonds. The molecule has 0 spiro atoms. The highest BCUT2D eigenvalue weighted by Crippen LogP contribution is 2.36. The molecule has 1 heteroatoms. The summed E-state index contributed by atoms with van der Waals surface area (Å²) < 4.78 is 0. The summed E-state index contributed by atoms with van der Waals surface area (Å²) in [5.41, 5.74) is 0.514. The summed E-state index contributed by atoms with van der Waals surface area (Å²) in [5.74, 6) is 0. The van der Waals surface area contributed by atoms with Gasteiger partial charge < -0.3 is 0 Å². The summed E-state index contributed by atoms with van der Waals surface area (Å²) in [6.07, 6.45) is 3.93. The molecule has 0 fully saturated rings. The lowest BCUT2D eigenvalue weighted by molar-refractivity contribution is 0.277. The Morgan fingerprint density at radius 2 is 1.55 bits per heavy atom. The van der Waals surface area contributed by atoms with E-state index in [-0.39, 0.29) is 0 Å². The van der Waals surface area contributed by atoms with Gasteiger partial charge in [-0.05, 0) is 23.4 Å². The smallest absolute Gasteiger partial charge is 0.0201 e. The van der Waals surface area contributed by atoms with Gasteiger partial charge in [0.25, 0.3) is 0 Å². The molecule has 0 aromatic heterocycles. The van der Waals surface area contributed by atoms with Gasteiger partial charge in [-0.15, -0.1) is 9.24 Å². The minimum absolute atomic E-state index is 0.401. The van der Waals surface area contributed by atoms with Gasteiger partial charge in [-0.25, -0.2) is 0 Å². The van der Waals surface area contributed by atoms with Crippen LogP contribution in [0.5, 0.6) is 0 Å². The molecule has 0 saturated heterocycles. The molecule has 0 saturated carbocycles. The van der Waals surface area contributed by atoms with Crippen LogP contribution in [-0.4, -0.2) is 5.16 Å². The second-order valence-electron chi connectivity index (χ2n) is 5.08. The molecule has 0 aliphatic carbocycles. The third kappa shape index (κ3) is 6.81. The lowest BCUT2D eigenvalue weighted by Gasteiger charge is -2.31. The van der Waals surface area contributed by atoms with Gasteiger partial charge >= 0.3 is 0 Å². The monoisotopic (exact) mass is 174 g/mol. The Balaban J connectivity index is 3.91. The van der Waals surface area contributed by atoms with Crippen LogP contribution in [0.15, 0.2) is 0 Å². The predicted molar refractivity (Wildman–Crippen MR) is 57.1 cm³/mol. The predicted octanol–water partition coefficient (Wildman–Crippen LogP) is 3.86. The highest BCUT2D eigenvalue weighted by Gasteiger charge is 2.24. The molecular formula is C10H23P. The molecule has 11 heavy (non-hydrogen) atoms. The summed E-state index contributed by atoms with van der Waals surface area (Å²) >= 11 is 0. The van der Waals surface area contributed by atoms with Crippen molar-refractivity contribution in [3.8, 4) is 0 Å². The first kappa shape index (κ1) is 11.4. The Morgan fingerprint density at radius 3 is 1.82 bits per heavy atom. The molecule has 0 aliphatic rings. The highest BCUT2D eigenvalue weighted by atomic mass is 31.0. The molecule has 0 bridgehead atoms. The first-order valence-electron chi connectivity index (χ1n) is 4.56. The number of hydrogen-bond donors (Lipinski definition) is 0. The highest BCUT2D eigenvalue weighted by molar-refractivity contribution is 7.18. The Labute approximate surface area is 74.4 Å². The maximum atomic E-state index is 2.93. The van der Waals surface area contributed by atoms with Gasteiger partial charge in [0.2, 0.25) is 0 Å². The molecule has 0 heterocycles. The van der Waals surface area contributed by atoms with Gasteiger partial charge in [-0.1, -0.05) is 41.0 Å². The summed E-state index contributed by atoms with van der Waals surface area (Å²) in [6.45, 7) is 11.6. The van der Waals surface area contributed by atoms with E-state index in [0.29, 0.717) is 10.6 Å². The second-order valence-corrected chi connectivity index (χ2v) is 6.64. The Hall–Kier alpha value is 0.430. The van der Waals surface area contributed by atoms with Crippen LogP contribution in [0.1, 0.15) is 53.9 Å². The summed E-state index contributed by atoms with van der Waals surface area (Å²) in [5, 5.41) is 0.401. The summed E-state index contributed by atoms with van der Waals surface area (Å²) in [6, 6.07) is 0. The van der Waals surface area contributed by atoms with Crippen LogP contribution in [0.3, 0.4) is 0 Å². The van der Waals surface area contributed by atoms with Crippen molar-refractivity contribution in [2.24, 2.45) is 5.41 Å². The zero-order valence-electron chi connectivity index (χ0n) is 8.70. The molecule has 0 aliphatic heterocycles. The molecule has 0 rings (SSSR count). The third-order valence-electron chi connectivity index (χ3n) is 1.86. The fourth-order valence-electron chi connectivity index (χ4n) is 2.00. The molecule has 0 nitrogen and oxygen atoms in total. The van der Waals surface area contributed by atoms with Crippen molar-refractivity contribution in [2.75, 3.05) is 0 Å². The summed E-state index contributed by atoms with van der Waals surface area (Å²) in [7, 11) is 2.93. The molecule has 1 unspecified atom stereocenters. The maximum absolute atomic E-state index is 2.93. The van der Waals surface area contributed by atoms with Crippen molar-refractivity contribution in [1.82, 2.24) is 0 Å². The Morgan fingerprint density at radius 1 is 1.09 bits per heavy atom. The minimum atomic E-state index is 0.401. The summed E-state index contributed by atoms with van der Waals surface area (Å²) in [4.78, 5) is 0. The van der Waals surface area contributed by atoms with Crippen LogP contribution in [0, 0.1) is 5.41 Å². The average molecular weight is 174 g/mol. The second kappa shape index (κ2) is 3.90. The van der Waals surface area contributed by atoms with E-state index < -0.39 is 0 Å². The maximum Gasteiger partial charge on any atom is -0.0201 e. The molecule has 0 aromatic carbocycles. The van der Waals surface area contributed by atoms with Crippen molar-refractivity contribution in [1.29, 1.82) is 0 Å². The number of hydrogen-bond acceptors (Lipinski definition) is 0. The van der Waals surface area contributed by atoms with Crippen LogP contribution >= 0.6 is 9.24 Å². The number of rotatable bonds is 4. The minimum Gasteiger partial charge on any atom is -0.132 e. The first-order chi connectivity index (χ1) is 4.77. The van der Waals surface area contributed by atoms with Gasteiger partial charge in [0.05, 0.1) is 0 Å². The lowest BCUT2D eigenvalue weighted by atomic mass is 9.80. The fourth-order valence-corrected chi connectivity index (χ4v) is 2.55.